The van der Waals surface area contributed by atoms with Crippen molar-refractivity contribution in [2.45, 2.75) is 5.16 Å². The second-order valence-electron chi connectivity index (χ2n) is 6.69. The van der Waals surface area contributed by atoms with Crippen LogP contribution in [-0.2, 0) is 4.79 Å². The summed E-state index contributed by atoms with van der Waals surface area (Å²) in [4.78, 5) is 30.5. The lowest BCUT2D eigenvalue weighted by Crippen LogP contribution is -2.23. The van der Waals surface area contributed by atoms with Crippen LogP contribution in [0.1, 0.15) is 0 Å². The van der Waals surface area contributed by atoms with Crippen molar-refractivity contribution in [2.75, 3.05) is 18.2 Å². The number of ether oxygens (including phenoxy) is 1. The van der Waals surface area contributed by atoms with Gasteiger partial charge >= 0.3 is 0 Å². The Morgan fingerprint density at radius 2 is 1.78 bits per heavy atom. The number of para-hydroxylation sites is 2. The van der Waals surface area contributed by atoms with Crippen molar-refractivity contribution in [1.29, 1.82) is 0 Å². The van der Waals surface area contributed by atoms with Crippen molar-refractivity contribution in [1.82, 2.24) is 9.55 Å². The van der Waals surface area contributed by atoms with E-state index in [1.165, 1.54) is 4.57 Å². The van der Waals surface area contributed by atoms with E-state index in [0.29, 0.717) is 43.2 Å². The average molecular weight is 486 g/mol. The average Bonchev–Trinajstić information content (AvgIpc) is 2.80. The maximum Gasteiger partial charge on any atom is 0.266 e. The summed E-state index contributed by atoms with van der Waals surface area (Å²) in [6.07, 6.45) is 0. The van der Waals surface area contributed by atoms with E-state index < -0.39 is 0 Å². The Hall–Kier alpha value is -3.00. The van der Waals surface area contributed by atoms with Crippen molar-refractivity contribution in [3.63, 3.8) is 0 Å². The Bertz CT molecular complexity index is 1350. The van der Waals surface area contributed by atoms with Gasteiger partial charge < -0.3 is 10.1 Å². The molecule has 4 rings (SSSR count). The van der Waals surface area contributed by atoms with Crippen LogP contribution < -0.4 is 15.6 Å². The first-order valence-electron chi connectivity index (χ1n) is 9.51. The lowest BCUT2D eigenvalue weighted by molar-refractivity contribution is -0.113. The third-order valence-electron chi connectivity index (χ3n) is 4.62. The number of hydrogen-bond acceptors (Lipinski definition) is 5. The van der Waals surface area contributed by atoms with Gasteiger partial charge in [0.15, 0.2) is 5.16 Å². The molecule has 0 aliphatic carbocycles. The lowest BCUT2D eigenvalue weighted by atomic mass is 10.2. The smallest absolute Gasteiger partial charge is 0.266 e. The van der Waals surface area contributed by atoms with Crippen LogP contribution in [0.5, 0.6) is 5.75 Å². The molecule has 162 valence electrons. The van der Waals surface area contributed by atoms with E-state index in [-0.39, 0.29) is 17.2 Å². The number of halogens is 2. The molecule has 0 radical (unpaired) electrons. The predicted octanol–water partition coefficient (Wildman–Crippen LogP) is 5.43. The summed E-state index contributed by atoms with van der Waals surface area (Å²) in [5, 5.41) is 4.26. The van der Waals surface area contributed by atoms with Gasteiger partial charge in [-0.1, -0.05) is 59.2 Å². The summed E-state index contributed by atoms with van der Waals surface area (Å²) in [7, 11) is 1.56. The Labute approximate surface area is 198 Å². The Morgan fingerprint density at radius 1 is 1.06 bits per heavy atom. The van der Waals surface area contributed by atoms with E-state index in [0.717, 1.165) is 11.8 Å². The number of benzene rings is 3. The topological polar surface area (TPSA) is 73.2 Å². The molecule has 9 heteroatoms. The molecule has 0 saturated heterocycles. The minimum Gasteiger partial charge on any atom is -0.497 e. The minimum atomic E-state index is -0.329. The first-order chi connectivity index (χ1) is 15.5. The molecule has 1 N–H and O–H groups in total. The normalized spacial score (nSPS) is 10.8. The van der Waals surface area contributed by atoms with Gasteiger partial charge in [-0.15, -0.1) is 0 Å². The maximum atomic E-state index is 13.3. The number of rotatable bonds is 6. The Kier molecular flexibility index (Phi) is 6.69. The van der Waals surface area contributed by atoms with Gasteiger partial charge in [0.25, 0.3) is 5.56 Å². The van der Waals surface area contributed by atoms with Crippen molar-refractivity contribution in [3.8, 4) is 11.4 Å². The molecule has 0 bridgehead atoms. The van der Waals surface area contributed by atoms with Crippen LogP contribution in [0.4, 0.5) is 5.69 Å². The highest BCUT2D eigenvalue weighted by atomic mass is 35.5. The van der Waals surface area contributed by atoms with Crippen molar-refractivity contribution < 1.29 is 9.53 Å². The highest BCUT2D eigenvalue weighted by Gasteiger charge is 2.16. The van der Waals surface area contributed by atoms with Gasteiger partial charge in [0.2, 0.25) is 5.91 Å². The number of amides is 1. The number of aromatic nitrogens is 2. The van der Waals surface area contributed by atoms with Crippen molar-refractivity contribution in [3.05, 3.63) is 87.1 Å². The summed E-state index contributed by atoms with van der Waals surface area (Å²) in [6.45, 7) is 0. The highest BCUT2D eigenvalue weighted by Crippen LogP contribution is 2.30. The number of carbonyl (C=O) groups excluding carboxylic acids is 1. The van der Waals surface area contributed by atoms with E-state index in [2.05, 4.69) is 10.3 Å². The number of thioether (sulfide) groups is 1. The number of nitrogens with one attached hydrogen (secondary N) is 1. The molecular formula is C23H17Cl2N3O3S. The second kappa shape index (κ2) is 9.65. The Morgan fingerprint density at radius 3 is 2.53 bits per heavy atom. The maximum absolute atomic E-state index is 13.3. The summed E-state index contributed by atoms with van der Waals surface area (Å²) >= 11 is 13.4. The quantitative estimate of drug-likeness (QED) is 0.291. The molecule has 6 nitrogen and oxygen atoms in total. The molecule has 0 saturated carbocycles. The van der Waals surface area contributed by atoms with Crippen LogP contribution in [0, 0.1) is 0 Å². The van der Waals surface area contributed by atoms with E-state index in [1.54, 1.807) is 67.8 Å². The van der Waals surface area contributed by atoms with Crippen LogP contribution in [0.2, 0.25) is 10.0 Å². The molecule has 4 aromatic rings. The fourth-order valence-corrected chi connectivity index (χ4v) is 4.41. The number of carbonyl (C=O) groups is 1. The fraction of sp³-hybridized carbons (Fsp3) is 0.0870. The first-order valence-corrected chi connectivity index (χ1v) is 11.2. The lowest BCUT2D eigenvalue weighted by Gasteiger charge is -2.14. The molecule has 0 aliphatic rings. The number of anilines is 1. The van der Waals surface area contributed by atoms with Gasteiger partial charge in [-0.3, -0.25) is 14.2 Å². The fourth-order valence-electron chi connectivity index (χ4n) is 3.11. The van der Waals surface area contributed by atoms with Crippen LogP contribution in [-0.4, -0.2) is 28.3 Å². The third kappa shape index (κ3) is 4.60. The molecule has 1 amide bonds. The van der Waals surface area contributed by atoms with Gasteiger partial charge in [-0.05, 0) is 36.4 Å². The second-order valence-corrected chi connectivity index (χ2v) is 8.44. The van der Waals surface area contributed by atoms with Crippen LogP contribution in [0.25, 0.3) is 16.6 Å². The Balaban J connectivity index is 1.70. The monoisotopic (exact) mass is 485 g/mol. The molecule has 0 unspecified atom stereocenters. The van der Waals surface area contributed by atoms with Gasteiger partial charge in [0.1, 0.15) is 5.75 Å². The third-order valence-corrected chi connectivity index (χ3v) is 6.18. The zero-order valence-electron chi connectivity index (χ0n) is 16.8. The molecule has 3 aromatic carbocycles. The molecule has 1 heterocycles. The predicted molar refractivity (Wildman–Crippen MR) is 130 cm³/mol. The van der Waals surface area contributed by atoms with E-state index in [9.17, 15) is 9.59 Å². The summed E-state index contributed by atoms with van der Waals surface area (Å²) in [5.74, 6) is 0.269. The molecule has 0 aliphatic heterocycles. The van der Waals surface area contributed by atoms with Gasteiger partial charge in [0.05, 0.1) is 45.2 Å². The first kappa shape index (κ1) is 22.2. The molecular weight excluding hydrogens is 469 g/mol. The number of methoxy groups -OCH3 is 1. The molecule has 32 heavy (non-hydrogen) atoms. The van der Waals surface area contributed by atoms with E-state index in [1.807, 2.05) is 6.07 Å². The van der Waals surface area contributed by atoms with Gasteiger partial charge in [-0.25, -0.2) is 4.98 Å². The summed E-state index contributed by atoms with van der Waals surface area (Å²) in [5.41, 5.74) is 1.25. The van der Waals surface area contributed by atoms with Gasteiger partial charge in [0, 0.05) is 6.07 Å². The number of hydrogen-bond donors (Lipinski definition) is 1. The largest absolute Gasteiger partial charge is 0.497 e. The van der Waals surface area contributed by atoms with E-state index in [4.69, 9.17) is 27.9 Å². The summed E-state index contributed by atoms with van der Waals surface area (Å²) < 4.78 is 6.78. The molecule has 0 atom stereocenters. The van der Waals surface area contributed by atoms with Gasteiger partial charge in [-0.2, -0.15) is 0 Å². The van der Waals surface area contributed by atoms with Crippen LogP contribution in [0.3, 0.4) is 0 Å². The molecule has 0 spiro atoms. The zero-order valence-corrected chi connectivity index (χ0v) is 19.2. The standard InChI is InChI=1S/C23H17Cl2N3O3S/c1-31-15-7-4-6-14(12-15)28-22(30)16-8-2-3-11-19(16)26-23(28)32-13-20(29)27-21-17(24)9-5-10-18(21)25/h2-12H,13H2,1H3,(H,27,29). The van der Waals surface area contributed by atoms with Crippen LogP contribution in [0.15, 0.2) is 76.7 Å². The zero-order chi connectivity index (χ0) is 22.7. The SMILES string of the molecule is COc1cccc(-n2c(SCC(=O)Nc3c(Cl)cccc3Cl)nc3ccccc3c2=O)c1. The highest BCUT2D eigenvalue weighted by molar-refractivity contribution is 7.99. The number of fused-ring (bicyclic) bond motifs is 1. The minimum absolute atomic E-state index is 0.00367. The van der Waals surface area contributed by atoms with Crippen molar-refractivity contribution in [2.24, 2.45) is 0 Å². The van der Waals surface area contributed by atoms with Crippen molar-refractivity contribution >= 4 is 57.5 Å². The number of nitrogens with zero attached hydrogens (tertiary/aromatic N) is 2. The van der Waals surface area contributed by atoms with E-state index >= 15 is 0 Å². The van der Waals surface area contributed by atoms with Crippen LogP contribution >= 0.6 is 35.0 Å². The molecule has 1 aromatic heterocycles. The summed E-state index contributed by atoms with van der Waals surface area (Å²) in [6, 6.07) is 19.2. The molecule has 0 fully saturated rings.